The van der Waals surface area contributed by atoms with Gasteiger partial charge in [0, 0.05) is 25.7 Å². The average Bonchev–Trinajstić information content (AvgIpc) is 2.14. The second kappa shape index (κ2) is 8.63. The van der Waals surface area contributed by atoms with E-state index in [4.69, 9.17) is 0 Å². The van der Waals surface area contributed by atoms with Crippen molar-refractivity contribution in [3.63, 3.8) is 0 Å². The summed E-state index contributed by atoms with van der Waals surface area (Å²) in [5.41, 5.74) is 0. The molecule has 0 saturated carbocycles. The summed E-state index contributed by atoms with van der Waals surface area (Å²) in [5, 5.41) is 0. The Kier molecular flexibility index (Phi) is 8.25. The van der Waals surface area contributed by atoms with Crippen molar-refractivity contribution in [2.45, 2.75) is 65.7 Å². The number of unbranched alkanes of at least 4 members (excludes halogenated alkanes) is 2. The fourth-order valence-electron chi connectivity index (χ4n) is 1.53. The number of carbonyl (C=O) groups excluding carboxylic acids is 2. The molecular formula is C13H24O2. The topological polar surface area (TPSA) is 34.1 Å². The zero-order valence-corrected chi connectivity index (χ0v) is 10.3. The van der Waals surface area contributed by atoms with Crippen LogP contribution in [0.4, 0.5) is 0 Å². The monoisotopic (exact) mass is 212 g/mol. The summed E-state index contributed by atoms with van der Waals surface area (Å²) in [6, 6.07) is 0. The van der Waals surface area contributed by atoms with Crippen molar-refractivity contribution in [1.82, 2.24) is 0 Å². The molecule has 0 fully saturated rings. The molecule has 0 aromatic heterocycles. The van der Waals surface area contributed by atoms with Crippen molar-refractivity contribution in [3.05, 3.63) is 0 Å². The molecule has 0 amide bonds. The average molecular weight is 212 g/mol. The van der Waals surface area contributed by atoms with E-state index in [1.807, 2.05) is 13.8 Å². The normalized spacial score (nSPS) is 10.7. The van der Waals surface area contributed by atoms with Crippen LogP contribution in [0.5, 0.6) is 0 Å². The van der Waals surface area contributed by atoms with Gasteiger partial charge in [-0.2, -0.15) is 0 Å². The standard InChI is InChI=1S/C13H24O2/c1-4-5-6-7-12(14)8-9-13(15)10-11(2)3/h11H,4-10H2,1-3H3. The molecule has 0 aromatic carbocycles. The van der Waals surface area contributed by atoms with Crippen LogP contribution in [-0.4, -0.2) is 11.6 Å². The van der Waals surface area contributed by atoms with Crippen molar-refractivity contribution >= 4 is 11.6 Å². The second-order valence-electron chi connectivity index (χ2n) is 4.63. The summed E-state index contributed by atoms with van der Waals surface area (Å²) in [6.07, 6.45) is 5.41. The lowest BCUT2D eigenvalue weighted by Gasteiger charge is -2.03. The number of hydrogen-bond donors (Lipinski definition) is 0. The van der Waals surface area contributed by atoms with Crippen molar-refractivity contribution in [3.8, 4) is 0 Å². The molecule has 0 spiro atoms. The maximum Gasteiger partial charge on any atom is 0.133 e. The van der Waals surface area contributed by atoms with E-state index in [9.17, 15) is 9.59 Å². The molecule has 0 saturated heterocycles. The highest BCUT2D eigenvalue weighted by Gasteiger charge is 2.08. The van der Waals surface area contributed by atoms with Crippen LogP contribution >= 0.6 is 0 Å². The van der Waals surface area contributed by atoms with E-state index in [-0.39, 0.29) is 11.6 Å². The highest BCUT2D eigenvalue weighted by molar-refractivity contribution is 5.85. The van der Waals surface area contributed by atoms with Gasteiger partial charge in [-0.25, -0.2) is 0 Å². The first-order chi connectivity index (χ1) is 7.06. The Morgan fingerprint density at radius 3 is 2.07 bits per heavy atom. The molecule has 0 aliphatic heterocycles. The number of ketones is 2. The molecule has 0 aliphatic carbocycles. The van der Waals surface area contributed by atoms with Crippen molar-refractivity contribution in [1.29, 1.82) is 0 Å². The molecule has 0 aliphatic rings. The molecule has 0 heterocycles. The number of carbonyl (C=O) groups is 2. The van der Waals surface area contributed by atoms with E-state index in [2.05, 4.69) is 6.92 Å². The number of Topliss-reactive ketones (excluding diaryl/α,β-unsaturated/α-hetero) is 2. The molecule has 0 radical (unpaired) electrons. The van der Waals surface area contributed by atoms with Crippen LogP contribution in [0.3, 0.4) is 0 Å². The maximum atomic E-state index is 11.4. The summed E-state index contributed by atoms with van der Waals surface area (Å²) >= 11 is 0. The fourth-order valence-corrected chi connectivity index (χ4v) is 1.53. The molecule has 88 valence electrons. The molecule has 0 rings (SSSR count). The second-order valence-corrected chi connectivity index (χ2v) is 4.63. The van der Waals surface area contributed by atoms with E-state index in [0.29, 0.717) is 31.6 Å². The Morgan fingerprint density at radius 2 is 1.53 bits per heavy atom. The Hall–Kier alpha value is -0.660. The smallest absolute Gasteiger partial charge is 0.133 e. The quantitative estimate of drug-likeness (QED) is 0.548. The van der Waals surface area contributed by atoms with Crippen LogP contribution in [0.2, 0.25) is 0 Å². The van der Waals surface area contributed by atoms with Gasteiger partial charge >= 0.3 is 0 Å². The first-order valence-electron chi connectivity index (χ1n) is 6.09. The van der Waals surface area contributed by atoms with Gasteiger partial charge in [-0.3, -0.25) is 9.59 Å². The summed E-state index contributed by atoms with van der Waals surface area (Å²) in [6.45, 7) is 6.18. The summed E-state index contributed by atoms with van der Waals surface area (Å²) < 4.78 is 0. The zero-order valence-electron chi connectivity index (χ0n) is 10.3. The highest BCUT2D eigenvalue weighted by Crippen LogP contribution is 2.07. The third-order valence-corrected chi connectivity index (χ3v) is 2.38. The van der Waals surface area contributed by atoms with Gasteiger partial charge in [0.2, 0.25) is 0 Å². The Balaban J connectivity index is 3.49. The van der Waals surface area contributed by atoms with Crippen molar-refractivity contribution < 1.29 is 9.59 Å². The third kappa shape index (κ3) is 9.64. The summed E-state index contributed by atoms with van der Waals surface area (Å²) in [7, 11) is 0. The molecule has 2 heteroatoms. The number of rotatable bonds is 9. The van der Waals surface area contributed by atoms with E-state index in [0.717, 1.165) is 19.3 Å². The van der Waals surface area contributed by atoms with Crippen LogP contribution in [0, 0.1) is 5.92 Å². The Bertz CT molecular complexity index is 195. The molecule has 0 N–H and O–H groups in total. The van der Waals surface area contributed by atoms with Crippen LogP contribution in [0.1, 0.15) is 65.7 Å². The highest BCUT2D eigenvalue weighted by atomic mass is 16.1. The Morgan fingerprint density at radius 1 is 0.933 bits per heavy atom. The SMILES string of the molecule is CCCCCC(=O)CCC(=O)CC(C)C. The minimum Gasteiger partial charge on any atom is -0.300 e. The first-order valence-corrected chi connectivity index (χ1v) is 6.09. The van der Waals surface area contributed by atoms with Gasteiger partial charge in [0.25, 0.3) is 0 Å². The largest absolute Gasteiger partial charge is 0.300 e. The molecule has 0 bridgehead atoms. The maximum absolute atomic E-state index is 11.4. The van der Waals surface area contributed by atoms with Gasteiger partial charge in [-0.15, -0.1) is 0 Å². The lowest BCUT2D eigenvalue weighted by Crippen LogP contribution is -2.06. The van der Waals surface area contributed by atoms with Crippen LogP contribution in [0.15, 0.2) is 0 Å². The van der Waals surface area contributed by atoms with Crippen LogP contribution in [-0.2, 0) is 9.59 Å². The predicted octanol–water partition coefficient (Wildman–Crippen LogP) is 3.53. The van der Waals surface area contributed by atoms with E-state index in [1.54, 1.807) is 0 Å². The lowest BCUT2D eigenvalue weighted by atomic mass is 10.0. The Labute approximate surface area is 93.4 Å². The molecule has 15 heavy (non-hydrogen) atoms. The minimum absolute atomic E-state index is 0.230. The van der Waals surface area contributed by atoms with E-state index >= 15 is 0 Å². The molecule has 0 atom stereocenters. The predicted molar refractivity (Wildman–Crippen MR) is 62.8 cm³/mol. The summed E-state index contributed by atoms with van der Waals surface area (Å²) in [5.74, 6) is 0.891. The van der Waals surface area contributed by atoms with E-state index < -0.39 is 0 Å². The van der Waals surface area contributed by atoms with Gasteiger partial charge in [0.15, 0.2) is 0 Å². The lowest BCUT2D eigenvalue weighted by molar-refractivity contribution is -0.124. The van der Waals surface area contributed by atoms with Crippen molar-refractivity contribution in [2.75, 3.05) is 0 Å². The van der Waals surface area contributed by atoms with Gasteiger partial charge in [0.1, 0.15) is 11.6 Å². The first kappa shape index (κ1) is 14.3. The number of hydrogen-bond acceptors (Lipinski definition) is 2. The fraction of sp³-hybridized carbons (Fsp3) is 0.846. The molecule has 2 nitrogen and oxygen atoms in total. The zero-order chi connectivity index (χ0) is 11.7. The minimum atomic E-state index is 0.230. The van der Waals surface area contributed by atoms with Gasteiger partial charge in [-0.05, 0) is 12.3 Å². The van der Waals surface area contributed by atoms with Crippen LogP contribution < -0.4 is 0 Å². The summed E-state index contributed by atoms with van der Waals surface area (Å²) in [4.78, 5) is 22.7. The van der Waals surface area contributed by atoms with Gasteiger partial charge in [0.05, 0.1) is 0 Å². The van der Waals surface area contributed by atoms with Gasteiger partial charge in [-0.1, -0.05) is 33.6 Å². The molecule has 0 aromatic rings. The molecular weight excluding hydrogens is 188 g/mol. The van der Waals surface area contributed by atoms with Crippen LogP contribution in [0.25, 0.3) is 0 Å². The van der Waals surface area contributed by atoms with E-state index in [1.165, 1.54) is 0 Å². The third-order valence-electron chi connectivity index (χ3n) is 2.38. The molecule has 0 unspecified atom stereocenters. The van der Waals surface area contributed by atoms with Crippen molar-refractivity contribution in [2.24, 2.45) is 5.92 Å². The van der Waals surface area contributed by atoms with Gasteiger partial charge < -0.3 is 0 Å².